The molecule has 0 radical (unpaired) electrons. The van der Waals surface area contributed by atoms with Crippen molar-refractivity contribution in [2.75, 3.05) is 32.7 Å². The summed E-state index contributed by atoms with van der Waals surface area (Å²) >= 11 is 9.54. The fourth-order valence-corrected chi connectivity index (χ4v) is 3.40. The van der Waals surface area contributed by atoms with Crippen molar-refractivity contribution in [3.8, 4) is 0 Å². The second-order valence-corrected chi connectivity index (χ2v) is 7.21. The number of piperazine rings is 1. The van der Waals surface area contributed by atoms with Gasteiger partial charge in [0, 0.05) is 37.2 Å². The highest BCUT2D eigenvalue weighted by Crippen LogP contribution is 2.30. The fourth-order valence-electron chi connectivity index (χ4n) is 2.81. The molecule has 0 N–H and O–H groups in total. The van der Waals surface area contributed by atoms with Crippen LogP contribution in [0, 0.1) is 5.92 Å². The lowest BCUT2D eigenvalue weighted by Crippen LogP contribution is -2.49. The molecular formula is C16H20BrClN2O. The standard InChI is InChI=1S/C16H20BrClN2O/c17-16-13(2-1-3-14(16)18)10-15(21)20-8-6-19(7-9-20)11-12-4-5-12/h1-3,12H,4-11H2. The molecule has 0 bridgehead atoms. The first-order chi connectivity index (χ1) is 10.1. The molecule has 1 saturated carbocycles. The lowest BCUT2D eigenvalue weighted by molar-refractivity contribution is -0.132. The van der Waals surface area contributed by atoms with Gasteiger partial charge in [0.05, 0.1) is 11.4 Å². The zero-order valence-electron chi connectivity index (χ0n) is 12.0. The Morgan fingerprint density at radius 1 is 1.24 bits per heavy atom. The summed E-state index contributed by atoms with van der Waals surface area (Å²) < 4.78 is 0.840. The summed E-state index contributed by atoms with van der Waals surface area (Å²) in [7, 11) is 0. The van der Waals surface area contributed by atoms with Gasteiger partial charge in [-0.3, -0.25) is 9.69 Å². The first-order valence-electron chi connectivity index (χ1n) is 7.56. The molecule has 1 aliphatic heterocycles. The van der Waals surface area contributed by atoms with E-state index in [0.717, 1.165) is 42.1 Å². The van der Waals surface area contributed by atoms with E-state index in [1.54, 1.807) is 0 Å². The molecular weight excluding hydrogens is 352 g/mol. The van der Waals surface area contributed by atoms with Crippen LogP contribution in [0.1, 0.15) is 18.4 Å². The van der Waals surface area contributed by atoms with Gasteiger partial charge in [0.25, 0.3) is 0 Å². The first kappa shape index (κ1) is 15.3. The molecule has 1 heterocycles. The highest BCUT2D eigenvalue weighted by Gasteiger charge is 2.27. The van der Waals surface area contributed by atoms with Crippen molar-refractivity contribution >= 4 is 33.4 Å². The lowest BCUT2D eigenvalue weighted by Gasteiger charge is -2.35. The van der Waals surface area contributed by atoms with Gasteiger partial charge < -0.3 is 4.90 Å². The largest absolute Gasteiger partial charge is 0.340 e. The minimum absolute atomic E-state index is 0.198. The molecule has 5 heteroatoms. The number of amides is 1. The van der Waals surface area contributed by atoms with Crippen molar-refractivity contribution in [3.05, 3.63) is 33.3 Å². The second-order valence-electron chi connectivity index (χ2n) is 6.01. The SMILES string of the molecule is O=C(Cc1cccc(Cl)c1Br)N1CCN(CC2CC2)CC1. The first-order valence-corrected chi connectivity index (χ1v) is 8.73. The fraction of sp³-hybridized carbons (Fsp3) is 0.562. The molecule has 3 nitrogen and oxygen atoms in total. The van der Waals surface area contributed by atoms with Crippen molar-refractivity contribution in [2.45, 2.75) is 19.3 Å². The molecule has 1 saturated heterocycles. The average Bonchev–Trinajstić information content (AvgIpc) is 3.28. The summed E-state index contributed by atoms with van der Waals surface area (Å²) in [6, 6.07) is 5.68. The van der Waals surface area contributed by atoms with E-state index in [1.165, 1.54) is 19.4 Å². The maximum absolute atomic E-state index is 12.4. The summed E-state index contributed by atoms with van der Waals surface area (Å²) in [5.41, 5.74) is 0.966. The van der Waals surface area contributed by atoms with E-state index >= 15 is 0 Å². The monoisotopic (exact) mass is 370 g/mol. The Labute approximate surface area is 139 Å². The Hall–Kier alpha value is -0.580. The van der Waals surface area contributed by atoms with Gasteiger partial charge in [0.15, 0.2) is 0 Å². The molecule has 1 aromatic carbocycles. The zero-order chi connectivity index (χ0) is 14.8. The normalized spacial score (nSPS) is 19.8. The smallest absolute Gasteiger partial charge is 0.227 e. The van der Waals surface area contributed by atoms with Gasteiger partial charge in [-0.1, -0.05) is 23.7 Å². The zero-order valence-corrected chi connectivity index (χ0v) is 14.4. The molecule has 0 spiro atoms. The molecule has 0 atom stereocenters. The highest BCUT2D eigenvalue weighted by atomic mass is 79.9. The van der Waals surface area contributed by atoms with Crippen LogP contribution in [0.3, 0.4) is 0 Å². The minimum Gasteiger partial charge on any atom is -0.340 e. The van der Waals surface area contributed by atoms with Gasteiger partial charge in [-0.05, 0) is 46.3 Å². The number of carbonyl (C=O) groups is 1. The van der Waals surface area contributed by atoms with E-state index < -0.39 is 0 Å². The van der Waals surface area contributed by atoms with Crippen LogP contribution in [0.15, 0.2) is 22.7 Å². The highest BCUT2D eigenvalue weighted by molar-refractivity contribution is 9.10. The van der Waals surface area contributed by atoms with Crippen molar-refractivity contribution in [1.82, 2.24) is 9.80 Å². The van der Waals surface area contributed by atoms with Gasteiger partial charge in [0.1, 0.15) is 0 Å². The summed E-state index contributed by atoms with van der Waals surface area (Å²) in [6.07, 6.45) is 3.20. The molecule has 0 aromatic heterocycles. The number of carbonyl (C=O) groups excluding carboxylic acids is 1. The van der Waals surface area contributed by atoms with Crippen LogP contribution < -0.4 is 0 Å². The molecule has 1 amide bonds. The maximum Gasteiger partial charge on any atom is 0.227 e. The Kier molecular flexibility index (Phi) is 4.87. The van der Waals surface area contributed by atoms with Crippen LogP contribution in [0.25, 0.3) is 0 Å². The van der Waals surface area contributed by atoms with E-state index in [-0.39, 0.29) is 5.91 Å². The third-order valence-electron chi connectivity index (χ3n) is 4.31. The number of benzene rings is 1. The van der Waals surface area contributed by atoms with Crippen molar-refractivity contribution in [3.63, 3.8) is 0 Å². The Morgan fingerprint density at radius 2 is 1.95 bits per heavy atom. The Bertz CT molecular complexity index is 525. The van der Waals surface area contributed by atoms with Gasteiger partial charge >= 0.3 is 0 Å². The van der Waals surface area contributed by atoms with Gasteiger partial charge in [0.2, 0.25) is 5.91 Å². The second kappa shape index (κ2) is 6.67. The third kappa shape index (κ3) is 3.99. The predicted molar refractivity (Wildman–Crippen MR) is 88.6 cm³/mol. The summed E-state index contributed by atoms with van der Waals surface area (Å²) in [6.45, 7) is 4.95. The lowest BCUT2D eigenvalue weighted by atomic mass is 10.1. The molecule has 2 fully saturated rings. The van der Waals surface area contributed by atoms with Crippen molar-refractivity contribution in [2.24, 2.45) is 5.92 Å². The molecule has 0 unspecified atom stereocenters. The summed E-state index contributed by atoms with van der Waals surface area (Å²) in [4.78, 5) is 16.9. The van der Waals surface area contributed by atoms with Crippen LogP contribution in [-0.2, 0) is 11.2 Å². The molecule has 2 aliphatic rings. The molecule has 21 heavy (non-hydrogen) atoms. The molecule has 1 aromatic rings. The van der Waals surface area contributed by atoms with E-state index in [1.807, 2.05) is 23.1 Å². The van der Waals surface area contributed by atoms with Crippen LogP contribution in [-0.4, -0.2) is 48.4 Å². The number of hydrogen-bond acceptors (Lipinski definition) is 2. The van der Waals surface area contributed by atoms with Gasteiger partial charge in [-0.15, -0.1) is 0 Å². The topological polar surface area (TPSA) is 23.6 Å². The van der Waals surface area contributed by atoms with Gasteiger partial charge in [-0.25, -0.2) is 0 Å². The predicted octanol–water partition coefficient (Wildman–Crippen LogP) is 3.20. The quantitative estimate of drug-likeness (QED) is 0.811. The number of nitrogens with zero attached hydrogens (tertiary/aromatic N) is 2. The van der Waals surface area contributed by atoms with Crippen LogP contribution >= 0.6 is 27.5 Å². The maximum atomic E-state index is 12.4. The summed E-state index contributed by atoms with van der Waals surface area (Å²) in [5.74, 6) is 1.12. The van der Waals surface area contributed by atoms with Gasteiger partial charge in [-0.2, -0.15) is 0 Å². The number of halogens is 2. The van der Waals surface area contributed by atoms with E-state index in [2.05, 4.69) is 20.8 Å². The Morgan fingerprint density at radius 3 is 2.62 bits per heavy atom. The molecule has 1 aliphatic carbocycles. The van der Waals surface area contributed by atoms with Crippen LogP contribution in [0.4, 0.5) is 0 Å². The van der Waals surface area contributed by atoms with E-state index in [4.69, 9.17) is 11.6 Å². The minimum atomic E-state index is 0.198. The summed E-state index contributed by atoms with van der Waals surface area (Å²) in [5, 5.41) is 0.662. The third-order valence-corrected chi connectivity index (χ3v) is 5.79. The molecule has 3 rings (SSSR count). The molecule has 114 valence electrons. The average molecular weight is 372 g/mol. The number of rotatable bonds is 4. The van der Waals surface area contributed by atoms with E-state index in [9.17, 15) is 4.79 Å². The van der Waals surface area contributed by atoms with Crippen molar-refractivity contribution < 1.29 is 4.79 Å². The van der Waals surface area contributed by atoms with Crippen LogP contribution in [0.5, 0.6) is 0 Å². The van der Waals surface area contributed by atoms with Crippen LogP contribution in [0.2, 0.25) is 5.02 Å². The van der Waals surface area contributed by atoms with E-state index in [0.29, 0.717) is 11.4 Å². The van der Waals surface area contributed by atoms with Crippen molar-refractivity contribution in [1.29, 1.82) is 0 Å². The number of hydrogen-bond donors (Lipinski definition) is 0. The Balaban J connectivity index is 1.52.